The lowest BCUT2D eigenvalue weighted by molar-refractivity contribution is -0.124. The first-order valence-corrected chi connectivity index (χ1v) is 8.85. The van der Waals surface area contributed by atoms with Gasteiger partial charge in [-0.2, -0.15) is 0 Å². The third kappa shape index (κ3) is 5.72. The fraction of sp³-hybridized carbons (Fsp3) is 0.353. The normalized spacial score (nSPS) is 16.8. The minimum Gasteiger partial charge on any atom is -0.334 e. The molecule has 0 aliphatic carbocycles. The second-order valence-electron chi connectivity index (χ2n) is 5.79. The predicted molar refractivity (Wildman–Crippen MR) is 101 cm³/mol. The molecule has 0 saturated carbocycles. The van der Waals surface area contributed by atoms with Gasteiger partial charge in [-0.3, -0.25) is 19.8 Å². The summed E-state index contributed by atoms with van der Waals surface area (Å²) in [6.07, 6.45) is 2.89. The third-order valence-corrected chi connectivity index (χ3v) is 4.42. The van der Waals surface area contributed by atoms with Crippen LogP contribution in [0.5, 0.6) is 0 Å². The summed E-state index contributed by atoms with van der Waals surface area (Å²) in [6, 6.07) is 3.72. The maximum Gasteiger partial charge on any atom is 0.321 e. The van der Waals surface area contributed by atoms with Gasteiger partial charge in [-0.25, -0.2) is 4.79 Å². The van der Waals surface area contributed by atoms with Crippen LogP contribution in [0.15, 0.2) is 30.9 Å². The quantitative estimate of drug-likeness (QED) is 0.641. The summed E-state index contributed by atoms with van der Waals surface area (Å²) in [5.74, 6) is -0.748. The van der Waals surface area contributed by atoms with Gasteiger partial charge < -0.3 is 10.6 Å². The van der Waals surface area contributed by atoms with Gasteiger partial charge in [0.1, 0.15) is 0 Å². The Morgan fingerprint density at radius 3 is 2.81 bits per heavy atom. The minimum absolute atomic E-state index is 0.0527. The van der Waals surface area contributed by atoms with E-state index in [1.54, 1.807) is 23.1 Å². The van der Waals surface area contributed by atoms with Gasteiger partial charge in [0.25, 0.3) is 0 Å². The molecule has 1 aromatic carbocycles. The number of halogens is 2. The molecule has 1 aliphatic rings. The van der Waals surface area contributed by atoms with Gasteiger partial charge in [0.2, 0.25) is 11.8 Å². The lowest BCUT2D eigenvalue weighted by atomic mass is 10.2. The second-order valence-corrected chi connectivity index (χ2v) is 6.63. The van der Waals surface area contributed by atoms with Crippen LogP contribution in [0.3, 0.4) is 0 Å². The van der Waals surface area contributed by atoms with Crippen molar-refractivity contribution in [3.63, 3.8) is 0 Å². The summed E-state index contributed by atoms with van der Waals surface area (Å²) in [6.45, 7) is 4.26. The van der Waals surface area contributed by atoms with Crippen molar-refractivity contribution in [1.82, 2.24) is 15.5 Å². The Morgan fingerprint density at radius 1 is 1.31 bits per heavy atom. The van der Waals surface area contributed by atoms with Crippen molar-refractivity contribution in [3.05, 3.63) is 40.9 Å². The summed E-state index contributed by atoms with van der Waals surface area (Å²) >= 11 is 12.0. The monoisotopic (exact) mass is 398 g/mol. The van der Waals surface area contributed by atoms with Crippen molar-refractivity contribution in [2.75, 3.05) is 25.0 Å². The van der Waals surface area contributed by atoms with E-state index in [2.05, 4.69) is 22.5 Å². The van der Waals surface area contributed by atoms with Gasteiger partial charge in [0.15, 0.2) is 0 Å². The van der Waals surface area contributed by atoms with Crippen LogP contribution >= 0.6 is 23.2 Å². The number of carbonyl (C=O) groups excluding carboxylic acids is 3. The number of nitrogens with one attached hydrogen (secondary N) is 3. The van der Waals surface area contributed by atoms with Crippen LogP contribution in [-0.4, -0.2) is 48.4 Å². The molecule has 4 amide bonds. The van der Waals surface area contributed by atoms with Gasteiger partial charge in [-0.05, 0) is 37.6 Å². The summed E-state index contributed by atoms with van der Waals surface area (Å²) in [5, 5.41) is 8.25. The molecule has 0 unspecified atom stereocenters. The van der Waals surface area contributed by atoms with Crippen LogP contribution < -0.4 is 16.0 Å². The van der Waals surface area contributed by atoms with Crippen LogP contribution in [0, 0.1) is 0 Å². The number of nitrogens with zero attached hydrogens (tertiary/aromatic N) is 1. The van der Waals surface area contributed by atoms with E-state index in [0.29, 0.717) is 28.7 Å². The van der Waals surface area contributed by atoms with Gasteiger partial charge in [-0.15, -0.1) is 6.58 Å². The molecular formula is C17H20Cl2N4O3. The summed E-state index contributed by atoms with van der Waals surface area (Å²) in [5.41, 5.74) is 0.421. The Balaban J connectivity index is 1.93. The van der Waals surface area contributed by atoms with E-state index in [4.69, 9.17) is 23.2 Å². The van der Waals surface area contributed by atoms with Crippen molar-refractivity contribution < 1.29 is 14.4 Å². The first-order valence-electron chi connectivity index (χ1n) is 8.09. The van der Waals surface area contributed by atoms with Crippen molar-refractivity contribution in [2.45, 2.75) is 18.9 Å². The van der Waals surface area contributed by atoms with E-state index < -0.39 is 18.0 Å². The zero-order valence-electron chi connectivity index (χ0n) is 14.1. The van der Waals surface area contributed by atoms with E-state index in [0.717, 1.165) is 6.42 Å². The molecule has 1 saturated heterocycles. The number of imide groups is 1. The number of hydrogen-bond acceptors (Lipinski definition) is 4. The van der Waals surface area contributed by atoms with Gasteiger partial charge >= 0.3 is 6.03 Å². The van der Waals surface area contributed by atoms with E-state index in [1.165, 1.54) is 6.08 Å². The molecule has 0 aromatic heterocycles. The number of urea groups is 1. The smallest absolute Gasteiger partial charge is 0.321 e. The molecule has 1 aromatic rings. The number of hydrogen-bond donors (Lipinski definition) is 3. The number of anilines is 1. The lowest BCUT2D eigenvalue weighted by Crippen LogP contribution is -2.48. The van der Waals surface area contributed by atoms with Crippen LogP contribution in [0.25, 0.3) is 0 Å². The molecule has 140 valence electrons. The van der Waals surface area contributed by atoms with Gasteiger partial charge in [0.05, 0.1) is 23.3 Å². The van der Waals surface area contributed by atoms with E-state index in [9.17, 15) is 14.4 Å². The first-order chi connectivity index (χ1) is 12.4. The molecule has 2 rings (SSSR count). The molecular weight excluding hydrogens is 379 g/mol. The number of carbonyl (C=O) groups is 3. The maximum atomic E-state index is 12.6. The molecule has 1 atom stereocenters. The van der Waals surface area contributed by atoms with Gasteiger partial charge in [0, 0.05) is 11.6 Å². The van der Waals surface area contributed by atoms with E-state index in [1.807, 2.05) is 0 Å². The fourth-order valence-corrected chi connectivity index (χ4v) is 3.02. The average Bonchev–Trinajstić information content (AvgIpc) is 3.04. The SMILES string of the molecule is C=CCNC(=O)NC(=O)CN1CCC[C@H]1C(=O)Nc1cc(Cl)ccc1Cl. The van der Waals surface area contributed by atoms with Crippen molar-refractivity contribution in [1.29, 1.82) is 0 Å². The molecule has 1 heterocycles. The molecule has 0 spiro atoms. The second kappa shape index (κ2) is 9.56. The molecule has 0 bridgehead atoms. The zero-order chi connectivity index (χ0) is 19.1. The molecule has 1 aliphatic heterocycles. The minimum atomic E-state index is -0.596. The molecule has 9 heteroatoms. The topological polar surface area (TPSA) is 90.5 Å². The number of benzene rings is 1. The van der Waals surface area contributed by atoms with Crippen molar-refractivity contribution >= 4 is 46.7 Å². The highest BCUT2D eigenvalue weighted by Crippen LogP contribution is 2.27. The predicted octanol–water partition coefficient (Wildman–Crippen LogP) is 2.41. The van der Waals surface area contributed by atoms with E-state index >= 15 is 0 Å². The van der Waals surface area contributed by atoms with Crippen LogP contribution in [0.2, 0.25) is 10.0 Å². The van der Waals surface area contributed by atoms with Crippen LogP contribution in [0.1, 0.15) is 12.8 Å². The summed E-state index contributed by atoms with van der Waals surface area (Å²) < 4.78 is 0. The third-order valence-electron chi connectivity index (χ3n) is 3.86. The zero-order valence-corrected chi connectivity index (χ0v) is 15.6. The Hall–Kier alpha value is -2.09. The largest absolute Gasteiger partial charge is 0.334 e. The van der Waals surface area contributed by atoms with Gasteiger partial charge in [-0.1, -0.05) is 29.3 Å². The number of rotatable bonds is 6. The highest BCUT2D eigenvalue weighted by atomic mass is 35.5. The standard InChI is InChI=1S/C17H20Cl2N4O3/c1-2-7-20-17(26)22-15(24)10-23-8-3-4-14(23)16(25)21-13-9-11(18)5-6-12(13)19/h2,5-6,9,14H,1,3-4,7-8,10H2,(H,21,25)(H2,20,22,24,26)/t14-/m0/s1. The Kier molecular flexibility index (Phi) is 7.44. The van der Waals surface area contributed by atoms with E-state index in [-0.39, 0.29) is 19.0 Å². The summed E-state index contributed by atoms with van der Waals surface area (Å²) in [4.78, 5) is 37.8. The molecule has 3 N–H and O–H groups in total. The highest BCUT2D eigenvalue weighted by Gasteiger charge is 2.32. The molecule has 0 radical (unpaired) electrons. The van der Waals surface area contributed by atoms with Crippen molar-refractivity contribution in [3.8, 4) is 0 Å². The average molecular weight is 399 g/mol. The number of amides is 4. The molecule has 26 heavy (non-hydrogen) atoms. The lowest BCUT2D eigenvalue weighted by Gasteiger charge is -2.23. The van der Waals surface area contributed by atoms with Crippen LogP contribution in [-0.2, 0) is 9.59 Å². The Labute approximate surface area is 161 Å². The maximum absolute atomic E-state index is 12.6. The van der Waals surface area contributed by atoms with Crippen molar-refractivity contribution in [2.24, 2.45) is 0 Å². The Bertz CT molecular complexity index is 711. The Morgan fingerprint density at radius 2 is 2.08 bits per heavy atom. The van der Waals surface area contributed by atoms with Crippen LogP contribution in [0.4, 0.5) is 10.5 Å². The molecule has 7 nitrogen and oxygen atoms in total. The first kappa shape index (κ1) is 20.2. The number of likely N-dealkylation sites (tertiary alicyclic amines) is 1. The molecule has 1 fully saturated rings. The highest BCUT2D eigenvalue weighted by molar-refractivity contribution is 6.35. The summed E-state index contributed by atoms with van der Waals surface area (Å²) in [7, 11) is 0. The fourth-order valence-electron chi connectivity index (χ4n) is 2.68.